The number of rotatable bonds is 8. The van der Waals surface area contributed by atoms with Gasteiger partial charge in [0.05, 0.1) is 29.8 Å². The van der Waals surface area contributed by atoms with Gasteiger partial charge in [0.15, 0.2) is 0 Å². The molecule has 1 atom stereocenters. The van der Waals surface area contributed by atoms with Gasteiger partial charge in [-0.15, -0.1) is 0 Å². The summed E-state index contributed by atoms with van der Waals surface area (Å²) in [6.45, 7) is 2.86. The van der Waals surface area contributed by atoms with E-state index in [0.29, 0.717) is 24.8 Å². The second kappa shape index (κ2) is 10.8. The maximum Gasteiger partial charge on any atom is 0.534 e. The van der Waals surface area contributed by atoms with Gasteiger partial charge < -0.3 is 19.0 Å². The van der Waals surface area contributed by atoms with Gasteiger partial charge in [0, 0.05) is 55.2 Å². The Hall–Kier alpha value is -3.89. The van der Waals surface area contributed by atoms with E-state index < -0.39 is 33.1 Å². The molecule has 5 rings (SSSR count). The number of benzene rings is 1. The largest absolute Gasteiger partial charge is 0.534 e. The molecule has 3 aromatic heterocycles. The van der Waals surface area contributed by atoms with Gasteiger partial charge in [-0.25, -0.2) is 13.8 Å². The standard InChI is InChI=1S/C25H22F5N5O5S/c1-13-19-11-18(34-35(19)6-5-32-13)23-21(22-17(27)9-14(26)10-20(22)39-8-7-38-2)15-3-4-31-12-16(15)24(33-23)40-41(36,37)25(28,29)30/h3-4,9-13,32H,5-8H2,1-2H3/t13-/m1/s1. The fourth-order valence-electron chi connectivity index (χ4n) is 4.49. The van der Waals surface area contributed by atoms with E-state index in [0.717, 1.165) is 12.3 Å². The predicted octanol–water partition coefficient (Wildman–Crippen LogP) is 4.36. The lowest BCUT2D eigenvalue weighted by Gasteiger charge is -2.21. The first-order valence-corrected chi connectivity index (χ1v) is 13.5. The average Bonchev–Trinajstić information content (AvgIpc) is 3.34. The van der Waals surface area contributed by atoms with Crippen LogP contribution in [0.25, 0.3) is 33.3 Å². The third-order valence-electron chi connectivity index (χ3n) is 6.33. The molecular formula is C25H22F5N5O5S. The molecule has 16 heteroatoms. The third-order valence-corrected chi connectivity index (χ3v) is 7.27. The van der Waals surface area contributed by atoms with Crippen molar-refractivity contribution in [1.29, 1.82) is 0 Å². The van der Waals surface area contributed by atoms with Crippen LogP contribution in [0.1, 0.15) is 18.7 Å². The molecule has 0 unspecified atom stereocenters. The Morgan fingerprint density at radius 1 is 1.12 bits per heavy atom. The average molecular weight is 600 g/mol. The van der Waals surface area contributed by atoms with Gasteiger partial charge >= 0.3 is 15.6 Å². The minimum Gasteiger partial charge on any atom is -0.490 e. The zero-order chi connectivity index (χ0) is 29.5. The summed E-state index contributed by atoms with van der Waals surface area (Å²) < 4.78 is 111. The van der Waals surface area contributed by atoms with Gasteiger partial charge in [-0.3, -0.25) is 9.67 Å². The van der Waals surface area contributed by atoms with E-state index in [1.807, 2.05) is 6.92 Å². The Labute approximate surface area is 230 Å². The fraction of sp³-hybridized carbons (Fsp3) is 0.320. The van der Waals surface area contributed by atoms with Crippen LogP contribution in [0.15, 0.2) is 36.7 Å². The van der Waals surface area contributed by atoms with Crippen LogP contribution in [0.5, 0.6) is 11.6 Å². The number of pyridine rings is 2. The van der Waals surface area contributed by atoms with Gasteiger partial charge in [0.25, 0.3) is 0 Å². The normalized spacial score (nSPS) is 15.6. The van der Waals surface area contributed by atoms with Crippen molar-refractivity contribution in [1.82, 2.24) is 25.1 Å². The van der Waals surface area contributed by atoms with E-state index in [2.05, 4.69) is 24.6 Å². The molecule has 1 aliphatic heterocycles. The summed E-state index contributed by atoms with van der Waals surface area (Å²) in [5.74, 6) is -3.23. The number of fused-ring (bicyclic) bond motifs is 2. The van der Waals surface area contributed by atoms with Crippen molar-refractivity contribution in [3.8, 4) is 34.1 Å². The quantitative estimate of drug-likeness (QED) is 0.137. The molecule has 0 fully saturated rings. The molecule has 218 valence electrons. The lowest BCUT2D eigenvalue weighted by Crippen LogP contribution is -2.31. The van der Waals surface area contributed by atoms with E-state index in [1.165, 1.54) is 19.4 Å². The van der Waals surface area contributed by atoms with Crippen molar-refractivity contribution >= 4 is 20.9 Å². The van der Waals surface area contributed by atoms with Crippen LogP contribution in [0.3, 0.4) is 0 Å². The Morgan fingerprint density at radius 3 is 2.61 bits per heavy atom. The highest BCUT2D eigenvalue weighted by atomic mass is 32.2. The first-order chi connectivity index (χ1) is 19.4. The highest BCUT2D eigenvalue weighted by molar-refractivity contribution is 7.88. The van der Waals surface area contributed by atoms with Crippen LogP contribution in [-0.4, -0.2) is 60.5 Å². The van der Waals surface area contributed by atoms with Crippen LogP contribution in [0, 0.1) is 11.6 Å². The number of ether oxygens (including phenoxy) is 2. The molecule has 0 bridgehead atoms. The number of aromatic nitrogens is 4. The zero-order valence-corrected chi connectivity index (χ0v) is 22.3. The maximum atomic E-state index is 15.6. The summed E-state index contributed by atoms with van der Waals surface area (Å²) >= 11 is 0. The number of hydrogen-bond donors (Lipinski definition) is 1. The smallest absolute Gasteiger partial charge is 0.490 e. The second-order valence-electron chi connectivity index (χ2n) is 9.00. The number of halogens is 5. The lowest BCUT2D eigenvalue weighted by atomic mass is 9.95. The van der Waals surface area contributed by atoms with E-state index >= 15 is 4.39 Å². The van der Waals surface area contributed by atoms with Crippen molar-refractivity contribution in [2.45, 2.75) is 25.0 Å². The predicted molar refractivity (Wildman–Crippen MR) is 136 cm³/mol. The van der Waals surface area contributed by atoms with Crippen molar-refractivity contribution in [2.75, 3.05) is 26.9 Å². The molecule has 10 nitrogen and oxygen atoms in total. The molecule has 0 saturated carbocycles. The Kier molecular flexibility index (Phi) is 7.56. The van der Waals surface area contributed by atoms with Crippen molar-refractivity contribution in [3.63, 3.8) is 0 Å². The van der Waals surface area contributed by atoms with Gasteiger partial charge in [-0.05, 0) is 19.1 Å². The highest BCUT2D eigenvalue weighted by Gasteiger charge is 2.49. The number of hydrogen-bond acceptors (Lipinski definition) is 9. The summed E-state index contributed by atoms with van der Waals surface area (Å²) in [6.07, 6.45) is 2.28. The topological polar surface area (TPSA) is 117 Å². The second-order valence-corrected chi connectivity index (χ2v) is 10.5. The lowest BCUT2D eigenvalue weighted by molar-refractivity contribution is -0.0500. The first kappa shape index (κ1) is 28.6. The molecule has 1 N–H and O–H groups in total. The monoisotopic (exact) mass is 599 g/mol. The van der Waals surface area contributed by atoms with Crippen molar-refractivity contribution in [3.05, 3.63) is 54.0 Å². The summed E-state index contributed by atoms with van der Waals surface area (Å²) in [7, 11) is -4.75. The molecular weight excluding hydrogens is 577 g/mol. The third kappa shape index (κ3) is 5.41. The molecule has 1 aromatic carbocycles. The number of methoxy groups -OCH3 is 1. The summed E-state index contributed by atoms with van der Waals surface area (Å²) in [5.41, 5.74) is -5.57. The van der Waals surface area contributed by atoms with Crippen molar-refractivity contribution < 1.29 is 44.0 Å². The van der Waals surface area contributed by atoms with Gasteiger partial charge in [0.2, 0.25) is 5.88 Å². The van der Waals surface area contributed by atoms with Gasteiger partial charge in [-0.1, -0.05) is 0 Å². The number of nitrogens with one attached hydrogen (secondary N) is 1. The summed E-state index contributed by atoms with van der Waals surface area (Å²) in [5, 5.41) is 7.47. The Bertz CT molecular complexity index is 1730. The van der Waals surface area contributed by atoms with E-state index in [1.54, 1.807) is 10.7 Å². The van der Waals surface area contributed by atoms with Crippen LogP contribution < -0.4 is 14.2 Å². The SMILES string of the molecule is COCCOc1cc(F)cc(F)c1-c1c(-c2cc3n(n2)CCN[C@@H]3C)nc(OS(=O)(=O)C(F)(F)F)c2cnccc12. The highest BCUT2D eigenvalue weighted by Crippen LogP contribution is 2.45. The van der Waals surface area contributed by atoms with Crippen LogP contribution >= 0.6 is 0 Å². The number of nitrogens with zero attached hydrogens (tertiary/aromatic N) is 4. The minimum absolute atomic E-state index is 0.00313. The van der Waals surface area contributed by atoms with E-state index in [9.17, 15) is 26.0 Å². The fourth-order valence-corrected chi connectivity index (χ4v) is 4.92. The van der Waals surface area contributed by atoms with Crippen LogP contribution in [-0.2, 0) is 21.4 Å². The van der Waals surface area contributed by atoms with Gasteiger partial charge in [-0.2, -0.15) is 26.7 Å². The molecule has 0 spiro atoms. The molecule has 0 radical (unpaired) electrons. The van der Waals surface area contributed by atoms with Crippen molar-refractivity contribution in [2.24, 2.45) is 0 Å². The molecule has 41 heavy (non-hydrogen) atoms. The molecule has 0 amide bonds. The summed E-state index contributed by atoms with van der Waals surface area (Å²) in [4.78, 5) is 8.00. The van der Waals surface area contributed by atoms with Crippen LogP contribution in [0.2, 0.25) is 0 Å². The van der Waals surface area contributed by atoms with Gasteiger partial charge in [0.1, 0.15) is 35.4 Å². The molecule has 4 heterocycles. The zero-order valence-electron chi connectivity index (χ0n) is 21.5. The molecule has 0 aliphatic carbocycles. The first-order valence-electron chi connectivity index (χ1n) is 12.1. The van der Waals surface area contributed by atoms with E-state index in [4.69, 9.17) is 9.47 Å². The summed E-state index contributed by atoms with van der Waals surface area (Å²) in [6, 6.07) is 4.27. The molecule has 1 aliphatic rings. The Morgan fingerprint density at radius 2 is 1.90 bits per heavy atom. The van der Waals surface area contributed by atoms with Crippen LogP contribution in [0.4, 0.5) is 22.0 Å². The minimum atomic E-state index is -6.15. The number of alkyl halides is 3. The van der Waals surface area contributed by atoms with E-state index in [-0.39, 0.29) is 58.3 Å². The Balaban J connectivity index is 1.85. The maximum absolute atomic E-state index is 15.6. The molecule has 4 aromatic rings. The molecule has 0 saturated heterocycles.